The third-order valence-electron chi connectivity index (χ3n) is 4.59. The highest BCUT2D eigenvalue weighted by molar-refractivity contribution is 5.87. The van der Waals surface area contributed by atoms with Gasteiger partial charge in [-0.3, -0.25) is 4.79 Å². The van der Waals surface area contributed by atoms with Crippen molar-refractivity contribution in [1.82, 2.24) is 4.98 Å². The minimum atomic E-state index is -0.922. The topological polar surface area (TPSA) is 53.1 Å². The molecule has 0 bridgehead atoms. The van der Waals surface area contributed by atoms with Crippen LogP contribution < -0.4 is 0 Å². The number of allylic oxidation sites excluding steroid dienone is 1. The van der Waals surface area contributed by atoms with E-state index in [1.807, 2.05) is 0 Å². The Bertz CT molecular complexity index is 766. The van der Waals surface area contributed by atoms with Gasteiger partial charge < -0.3 is 10.1 Å². The van der Waals surface area contributed by atoms with E-state index in [2.05, 4.69) is 11.6 Å². The first-order valence-corrected chi connectivity index (χ1v) is 7.30. The zero-order valence-electron chi connectivity index (χ0n) is 12.1. The predicted molar refractivity (Wildman–Crippen MR) is 79.9 cm³/mol. The molecule has 116 valence electrons. The van der Waals surface area contributed by atoms with E-state index in [0.29, 0.717) is 30.5 Å². The highest BCUT2D eigenvalue weighted by Gasteiger charge is 2.40. The maximum atomic E-state index is 14.2. The number of fused-ring (bicyclic) bond motifs is 3. The van der Waals surface area contributed by atoms with Gasteiger partial charge in [0.2, 0.25) is 0 Å². The molecule has 1 unspecified atom stereocenters. The zero-order chi connectivity index (χ0) is 15.9. The summed E-state index contributed by atoms with van der Waals surface area (Å²) in [5.74, 6) is -1.92. The van der Waals surface area contributed by atoms with Crippen LogP contribution in [-0.4, -0.2) is 16.1 Å². The molecule has 0 radical (unpaired) electrons. The first-order chi connectivity index (χ1) is 10.5. The molecule has 0 saturated heterocycles. The summed E-state index contributed by atoms with van der Waals surface area (Å²) in [5, 5.41) is 9.53. The number of H-pyrrole nitrogens is 1. The number of aromatic amines is 1. The van der Waals surface area contributed by atoms with E-state index in [1.165, 1.54) is 0 Å². The van der Waals surface area contributed by atoms with Gasteiger partial charge in [0, 0.05) is 16.5 Å². The van der Waals surface area contributed by atoms with Crippen LogP contribution in [0.4, 0.5) is 8.78 Å². The molecule has 1 heterocycles. The lowest BCUT2D eigenvalue weighted by Gasteiger charge is -2.35. The summed E-state index contributed by atoms with van der Waals surface area (Å²) in [7, 11) is 0. The van der Waals surface area contributed by atoms with Gasteiger partial charge in [-0.05, 0) is 43.4 Å². The number of carboxylic acid groups (broad SMARTS) is 1. The summed E-state index contributed by atoms with van der Waals surface area (Å²) >= 11 is 0. The summed E-state index contributed by atoms with van der Waals surface area (Å²) < 4.78 is 28.2. The minimum absolute atomic E-state index is 0.0813. The van der Waals surface area contributed by atoms with Gasteiger partial charge >= 0.3 is 5.97 Å². The Labute approximate surface area is 126 Å². The molecule has 5 heteroatoms. The van der Waals surface area contributed by atoms with Crippen LogP contribution in [0.1, 0.15) is 36.9 Å². The van der Waals surface area contributed by atoms with Gasteiger partial charge in [0.25, 0.3) is 0 Å². The first kappa shape index (κ1) is 14.8. The van der Waals surface area contributed by atoms with Crippen molar-refractivity contribution in [2.24, 2.45) is 0 Å². The van der Waals surface area contributed by atoms with Gasteiger partial charge in [0.05, 0.1) is 11.9 Å². The first-order valence-electron chi connectivity index (χ1n) is 7.30. The lowest BCUT2D eigenvalue weighted by atomic mass is 9.69. The number of aryl methyl sites for hydroxylation is 1. The largest absolute Gasteiger partial charge is 0.481 e. The maximum Gasteiger partial charge on any atom is 0.304 e. The molecule has 0 fully saturated rings. The Morgan fingerprint density at radius 1 is 1.41 bits per heavy atom. The Hall–Kier alpha value is -2.17. The molecule has 0 aliphatic heterocycles. The van der Waals surface area contributed by atoms with Gasteiger partial charge in [0.15, 0.2) is 0 Å². The number of nitrogens with one attached hydrogen (secondary N) is 1. The van der Waals surface area contributed by atoms with E-state index in [1.54, 1.807) is 6.08 Å². The monoisotopic (exact) mass is 305 g/mol. The van der Waals surface area contributed by atoms with Gasteiger partial charge in [-0.1, -0.05) is 6.08 Å². The number of aromatic nitrogens is 1. The van der Waals surface area contributed by atoms with Gasteiger partial charge in [-0.15, -0.1) is 6.58 Å². The normalized spacial score (nSPS) is 20.8. The van der Waals surface area contributed by atoms with Crippen molar-refractivity contribution in [3.63, 3.8) is 0 Å². The number of rotatable bonds is 4. The molecular formula is C17H17F2NO2. The fourth-order valence-electron chi connectivity index (χ4n) is 3.74. The van der Waals surface area contributed by atoms with Crippen molar-refractivity contribution < 1.29 is 18.7 Å². The summed E-state index contributed by atoms with van der Waals surface area (Å²) in [5.41, 5.74) is 0.825. The number of carbonyl (C=O) groups is 1. The van der Waals surface area contributed by atoms with Crippen molar-refractivity contribution >= 4 is 16.9 Å². The lowest BCUT2D eigenvalue weighted by molar-refractivity contribution is -0.138. The van der Waals surface area contributed by atoms with Crippen LogP contribution in [-0.2, 0) is 16.6 Å². The third kappa shape index (κ3) is 2.12. The summed E-state index contributed by atoms with van der Waals surface area (Å²) in [6, 6.07) is 2.21. The smallest absolute Gasteiger partial charge is 0.304 e. The number of benzene rings is 1. The number of carboxylic acids is 1. The Balaban J connectivity index is 2.29. The van der Waals surface area contributed by atoms with Crippen LogP contribution in [0.5, 0.6) is 0 Å². The fourth-order valence-corrected chi connectivity index (χ4v) is 3.74. The average Bonchev–Trinajstić information content (AvgIpc) is 2.85. The van der Waals surface area contributed by atoms with Crippen molar-refractivity contribution in [3.8, 4) is 0 Å². The maximum absolute atomic E-state index is 14.2. The highest BCUT2D eigenvalue weighted by Crippen LogP contribution is 2.45. The SMILES string of the molecule is C=CCC1(CC(=O)O)CCCc2c1[nH]c1c(F)ccc(F)c21. The number of hydrogen-bond donors (Lipinski definition) is 2. The molecule has 3 rings (SSSR count). The molecule has 3 nitrogen and oxygen atoms in total. The molecule has 1 aromatic carbocycles. The molecule has 22 heavy (non-hydrogen) atoms. The van der Waals surface area contributed by atoms with Crippen LogP contribution >= 0.6 is 0 Å². The highest BCUT2D eigenvalue weighted by atomic mass is 19.1. The van der Waals surface area contributed by atoms with E-state index < -0.39 is 23.0 Å². The van der Waals surface area contributed by atoms with Crippen molar-refractivity contribution in [2.45, 2.75) is 37.5 Å². The molecule has 0 spiro atoms. The average molecular weight is 305 g/mol. The molecular weight excluding hydrogens is 288 g/mol. The van der Waals surface area contributed by atoms with Crippen LogP contribution in [0.25, 0.3) is 10.9 Å². The van der Waals surface area contributed by atoms with Gasteiger partial charge in [-0.2, -0.15) is 0 Å². The van der Waals surface area contributed by atoms with Crippen molar-refractivity contribution in [2.75, 3.05) is 0 Å². The quantitative estimate of drug-likeness (QED) is 0.837. The van der Waals surface area contributed by atoms with E-state index in [4.69, 9.17) is 0 Å². The molecule has 1 aliphatic rings. The van der Waals surface area contributed by atoms with E-state index in [0.717, 1.165) is 18.6 Å². The van der Waals surface area contributed by atoms with Crippen LogP contribution in [0.3, 0.4) is 0 Å². The Morgan fingerprint density at radius 2 is 2.14 bits per heavy atom. The second kappa shape index (κ2) is 5.23. The Kier molecular flexibility index (Phi) is 3.51. The molecule has 1 atom stereocenters. The molecule has 0 saturated carbocycles. The fraction of sp³-hybridized carbons (Fsp3) is 0.353. The predicted octanol–water partition coefficient (Wildman–Crippen LogP) is 4.07. The molecule has 2 aromatic rings. The number of hydrogen-bond acceptors (Lipinski definition) is 1. The van der Waals surface area contributed by atoms with Gasteiger partial charge in [-0.25, -0.2) is 8.78 Å². The summed E-state index contributed by atoms with van der Waals surface area (Å²) in [6.07, 6.45) is 4.08. The van der Waals surface area contributed by atoms with Crippen LogP contribution in [0.2, 0.25) is 0 Å². The van der Waals surface area contributed by atoms with Crippen LogP contribution in [0, 0.1) is 11.6 Å². The molecule has 0 amide bonds. The molecule has 1 aromatic heterocycles. The van der Waals surface area contributed by atoms with Crippen LogP contribution in [0.15, 0.2) is 24.8 Å². The van der Waals surface area contributed by atoms with Crippen molar-refractivity contribution in [3.05, 3.63) is 47.7 Å². The van der Waals surface area contributed by atoms with E-state index >= 15 is 0 Å². The second-order valence-corrected chi connectivity index (χ2v) is 5.95. The second-order valence-electron chi connectivity index (χ2n) is 5.95. The number of aliphatic carboxylic acids is 1. The minimum Gasteiger partial charge on any atom is -0.481 e. The summed E-state index contributed by atoms with van der Waals surface area (Å²) in [6.45, 7) is 3.71. The molecule has 1 aliphatic carbocycles. The lowest BCUT2D eigenvalue weighted by Crippen LogP contribution is -2.33. The van der Waals surface area contributed by atoms with Gasteiger partial charge in [0.1, 0.15) is 11.6 Å². The zero-order valence-corrected chi connectivity index (χ0v) is 12.1. The van der Waals surface area contributed by atoms with E-state index in [9.17, 15) is 18.7 Å². The standard InChI is InChI=1S/C17H17F2NO2/c1-2-7-17(9-13(21)22)8-3-4-10-14-11(18)5-6-12(19)15(14)20-16(10)17/h2,5-6,20H,1,3-4,7-9H2,(H,21,22). The number of halogens is 2. The Morgan fingerprint density at radius 3 is 2.82 bits per heavy atom. The summed E-state index contributed by atoms with van der Waals surface area (Å²) in [4.78, 5) is 14.3. The third-order valence-corrected chi connectivity index (χ3v) is 4.59. The molecule has 2 N–H and O–H groups in total. The van der Waals surface area contributed by atoms with Crippen molar-refractivity contribution in [1.29, 1.82) is 0 Å². The van der Waals surface area contributed by atoms with E-state index in [-0.39, 0.29) is 17.3 Å².